The molecule has 2 atom stereocenters. The van der Waals surface area contributed by atoms with Crippen molar-refractivity contribution in [3.8, 4) is 0 Å². The van der Waals surface area contributed by atoms with Crippen LogP contribution in [0.1, 0.15) is 26.1 Å². The van der Waals surface area contributed by atoms with Crippen molar-refractivity contribution < 1.29 is 0 Å². The van der Waals surface area contributed by atoms with Gasteiger partial charge in [-0.15, -0.1) is 0 Å². The summed E-state index contributed by atoms with van der Waals surface area (Å²) in [7, 11) is 2.04. The number of likely N-dealkylation sites (N-methyl/N-ethyl adjacent to an activating group) is 1. The SMILES string of the molecule is CNC(Cc1ncc[nH]1)C1CC1(C)C. The van der Waals surface area contributed by atoms with E-state index in [1.165, 1.54) is 6.42 Å². The molecule has 2 rings (SSSR count). The van der Waals surface area contributed by atoms with Crippen LogP contribution in [0, 0.1) is 11.3 Å². The number of H-pyrrole nitrogens is 1. The monoisotopic (exact) mass is 193 g/mol. The Kier molecular flexibility index (Phi) is 2.35. The van der Waals surface area contributed by atoms with Crippen LogP contribution in [-0.4, -0.2) is 23.1 Å². The van der Waals surface area contributed by atoms with Gasteiger partial charge in [0, 0.05) is 24.9 Å². The predicted molar refractivity (Wildman–Crippen MR) is 57.0 cm³/mol. The molecule has 2 N–H and O–H groups in total. The van der Waals surface area contributed by atoms with Crippen LogP contribution in [-0.2, 0) is 6.42 Å². The van der Waals surface area contributed by atoms with Gasteiger partial charge in [-0.05, 0) is 24.8 Å². The number of aromatic nitrogens is 2. The molecule has 1 heterocycles. The Balaban J connectivity index is 1.95. The van der Waals surface area contributed by atoms with Gasteiger partial charge in [0.1, 0.15) is 5.82 Å². The van der Waals surface area contributed by atoms with Crippen molar-refractivity contribution in [2.24, 2.45) is 11.3 Å². The molecule has 0 amide bonds. The van der Waals surface area contributed by atoms with Gasteiger partial charge in [-0.2, -0.15) is 0 Å². The van der Waals surface area contributed by atoms with Crippen LogP contribution in [0.3, 0.4) is 0 Å². The van der Waals surface area contributed by atoms with Gasteiger partial charge in [-0.3, -0.25) is 0 Å². The zero-order valence-corrected chi connectivity index (χ0v) is 9.17. The third kappa shape index (κ3) is 1.82. The lowest BCUT2D eigenvalue weighted by atomic mass is 10.0. The Hall–Kier alpha value is -0.830. The fraction of sp³-hybridized carbons (Fsp3) is 0.727. The summed E-state index contributed by atoms with van der Waals surface area (Å²) in [5.41, 5.74) is 0.528. The number of nitrogens with zero attached hydrogens (tertiary/aromatic N) is 1. The van der Waals surface area contributed by atoms with E-state index in [1.54, 1.807) is 0 Å². The van der Waals surface area contributed by atoms with Crippen LogP contribution in [0.15, 0.2) is 12.4 Å². The Labute approximate surface area is 85.3 Å². The summed E-state index contributed by atoms with van der Waals surface area (Å²) in [6, 6.07) is 0.566. The standard InChI is InChI=1S/C11H19N3/c1-11(2)7-8(11)9(12-3)6-10-13-4-5-14-10/h4-5,8-9,12H,6-7H2,1-3H3,(H,13,14). The van der Waals surface area contributed by atoms with Gasteiger partial charge in [-0.25, -0.2) is 4.98 Å². The summed E-state index contributed by atoms with van der Waals surface area (Å²) in [6.45, 7) is 4.67. The van der Waals surface area contributed by atoms with E-state index in [4.69, 9.17) is 0 Å². The van der Waals surface area contributed by atoms with Gasteiger partial charge in [0.25, 0.3) is 0 Å². The fourth-order valence-electron chi connectivity index (χ4n) is 2.26. The van der Waals surface area contributed by atoms with Crippen molar-refractivity contribution >= 4 is 0 Å². The van der Waals surface area contributed by atoms with Gasteiger partial charge >= 0.3 is 0 Å². The van der Waals surface area contributed by atoms with E-state index in [0.717, 1.165) is 18.2 Å². The Bertz CT molecular complexity index is 289. The predicted octanol–water partition coefficient (Wildman–Crippen LogP) is 1.59. The smallest absolute Gasteiger partial charge is 0.107 e. The van der Waals surface area contributed by atoms with Crippen LogP contribution >= 0.6 is 0 Å². The van der Waals surface area contributed by atoms with Crippen LogP contribution in [0.2, 0.25) is 0 Å². The lowest BCUT2D eigenvalue weighted by molar-refractivity contribution is 0.421. The molecule has 2 unspecified atom stereocenters. The van der Waals surface area contributed by atoms with E-state index < -0.39 is 0 Å². The van der Waals surface area contributed by atoms with Gasteiger partial charge in [0.2, 0.25) is 0 Å². The minimum absolute atomic E-state index is 0.528. The normalized spacial score (nSPS) is 26.1. The maximum Gasteiger partial charge on any atom is 0.107 e. The largest absolute Gasteiger partial charge is 0.349 e. The zero-order valence-electron chi connectivity index (χ0n) is 9.17. The molecule has 1 fully saturated rings. The minimum Gasteiger partial charge on any atom is -0.349 e. The summed E-state index contributed by atoms with van der Waals surface area (Å²) in [4.78, 5) is 7.43. The van der Waals surface area contributed by atoms with E-state index in [-0.39, 0.29) is 0 Å². The molecule has 0 spiro atoms. The summed E-state index contributed by atoms with van der Waals surface area (Å²) in [5.74, 6) is 1.89. The molecule has 0 radical (unpaired) electrons. The van der Waals surface area contributed by atoms with Crippen molar-refractivity contribution in [3.63, 3.8) is 0 Å². The third-order valence-electron chi connectivity index (χ3n) is 3.41. The van der Waals surface area contributed by atoms with E-state index >= 15 is 0 Å². The number of rotatable bonds is 4. The highest BCUT2D eigenvalue weighted by Gasteiger charge is 2.49. The zero-order chi connectivity index (χ0) is 10.2. The molecule has 1 saturated carbocycles. The van der Waals surface area contributed by atoms with Crippen molar-refractivity contribution in [1.82, 2.24) is 15.3 Å². The molecular formula is C11H19N3. The average molecular weight is 193 g/mol. The van der Waals surface area contributed by atoms with E-state index in [9.17, 15) is 0 Å². The molecule has 0 aliphatic heterocycles. The molecule has 1 aliphatic carbocycles. The number of imidazole rings is 1. The number of hydrogen-bond acceptors (Lipinski definition) is 2. The summed E-state index contributed by atoms with van der Waals surface area (Å²) in [5, 5.41) is 3.40. The molecule has 0 bridgehead atoms. The van der Waals surface area contributed by atoms with E-state index in [0.29, 0.717) is 11.5 Å². The second kappa shape index (κ2) is 3.39. The highest BCUT2D eigenvalue weighted by Crippen LogP contribution is 2.53. The van der Waals surface area contributed by atoms with Crippen molar-refractivity contribution in [2.45, 2.75) is 32.7 Å². The van der Waals surface area contributed by atoms with E-state index in [2.05, 4.69) is 29.1 Å². The van der Waals surface area contributed by atoms with Gasteiger partial charge in [-0.1, -0.05) is 13.8 Å². The maximum absolute atomic E-state index is 4.27. The highest BCUT2D eigenvalue weighted by molar-refractivity contribution is 5.04. The highest BCUT2D eigenvalue weighted by atomic mass is 14.9. The Morgan fingerprint density at radius 2 is 2.43 bits per heavy atom. The van der Waals surface area contributed by atoms with Crippen LogP contribution in [0.4, 0.5) is 0 Å². The molecule has 3 heteroatoms. The first-order valence-corrected chi connectivity index (χ1v) is 5.29. The second-order valence-corrected chi connectivity index (χ2v) is 4.93. The fourth-order valence-corrected chi connectivity index (χ4v) is 2.26. The van der Waals surface area contributed by atoms with Crippen molar-refractivity contribution in [3.05, 3.63) is 18.2 Å². The molecule has 3 nitrogen and oxygen atoms in total. The van der Waals surface area contributed by atoms with Crippen LogP contribution < -0.4 is 5.32 Å². The molecule has 1 aliphatic rings. The quantitative estimate of drug-likeness (QED) is 0.762. The first-order chi connectivity index (χ1) is 6.63. The summed E-state index contributed by atoms with van der Waals surface area (Å²) in [6.07, 6.45) is 6.05. The number of hydrogen-bond donors (Lipinski definition) is 2. The van der Waals surface area contributed by atoms with E-state index in [1.807, 2.05) is 19.4 Å². The summed E-state index contributed by atoms with van der Waals surface area (Å²) < 4.78 is 0. The van der Waals surface area contributed by atoms with Gasteiger partial charge < -0.3 is 10.3 Å². The Morgan fingerprint density at radius 3 is 2.86 bits per heavy atom. The molecule has 0 aromatic carbocycles. The Morgan fingerprint density at radius 1 is 1.71 bits per heavy atom. The first-order valence-electron chi connectivity index (χ1n) is 5.29. The first kappa shape index (κ1) is 9.71. The molecular weight excluding hydrogens is 174 g/mol. The minimum atomic E-state index is 0.528. The molecule has 14 heavy (non-hydrogen) atoms. The van der Waals surface area contributed by atoms with Crippen LogP contribution in [0.5, 0.6) is 0 Å². The number of aromatic amines is 1. The van der Waals surface area contributed by atoms with Crippen molar-refractivity contribution in [1.29, 1.82) is 0 Å². The number of nitrogens with one attached hydrogen (secondary N) is 2. The van der Waals surface area contributed by atoms with Crippen molar-refractivity contribution in [2.75, 3.05) is 7.05 Å². The molecule has 0 saturated heterocycles. The maximum atomic E-state index is 4.27. The molecule has 78 valence electrons. The van der Waals surface area contributed by atoms with Gasteiger partial charge in [0.15, 0.2) is 0 Å². The molecule has 1 aromatic heterocycles. The average Bonchev–Trinajstić information content (AvgIpc) is 2.62. The lowest BCUT2D eigenvalue weighted by Crippen LogP contribution is -2.31. The third-order valence-corrected chi connectivity index (χ3v) is 3.41. The summed E-state index contributed by atoms with van der Waals surface area (Å²) >= 11 is 0. The van der Waals surface area contributed by atoms with Gasteiger partial charge in [0.05, 0.1) is 0 Å². The lowest BCUT2D eigenvalue weighted by Gasteiger charge is -2.16. The second-order valence-electron chi connectivity index (χ2n) is 4.93. The molecule has 1 aromatic rings. The topological polar surface area (TPSA) is 40.7 Å². The van der Waals surface area contributed by atoms with Crippen LogP contribution in [0.25, 0.3) is 0 Å².